The van der Waals surface area contributed by atoms with Crippen molar-refractivity contribution in [1.29, 1.82) is 0 Å². The van der Waals surface area contributed by atoms with E-state index in [4.69, 9.17) is 4.74 Å². The predicted molar refractivity (Wildman–Crippen MR) is 130 cm³/mol. The molecule has 2 aromatic heterocycles. The predicted octanol–water partition coefficient (Wildman–Crippen LogP) is 6.25. The van der Waals surface area contributed by atoms with E-state index in [1.54, 1.807) is 24.5 Å². The third kappa shape index (κ3) is 6.04. The van der Waals surface area contributed by atoms with E-state index in [1.165, 1.54) is 24.0 Å². The molecule has 0 unspecified atom stereocenters. The molecule has 4 aromatic rings. The van der Waals surface area contributed by atoms with Gasteiger partial charge in [-0.3, -0.25) is 4.79 Å². The summed E-state index contributed by atoms with van der Waals surface area (Å²) in [6.07, 6.45) is 5.39. The molecule has 164 valence electrons. The summed E-state index contributed by atoms with van der Waals surface area (Å²) in [6.45, 7) is 3.61. The zero-order chi connectivity index (χ0) is 22.2. The van der Waals surface area contributed by atoms with E-state index >= 15 is 0 Å². The number of anilines is 2. The second-order valence-electron chi connectivity index (χ2n) is 7.47. The zero-order valence-electron chi connectivity index (χ0n) is 18.0. The molecule has 1 aliphatic heterocycles. The highest BCUT2D eigenvalue weighted by molar-refractivity contribution is 7.22. The Bertz CT molecular complexity index is 1110. The van der Waals surface area contributed by atoms with Crippen molar-refractivity contribution in [3.63, 3.8) is 0 Å². The Morgan fingerprint density at radius 2 is 1.72 bits per heavy atom. The summed E-state index contributed by atoms with van der Waals surface area (Å²) in [6, 6.07) is 21.4. The molecule has 0 aliphatic carbocycles. The number of carbonyl (C=O) groups is 1. The Hall–Kier alpha value is -3.45. The fourth-order valence-corrected chi connectivity index (χ4v) is 4.28. The van der Waals surface area contributed by atoms with Crippen LogP contribution < -0.4 is 10.1 Å². The van der Waals surface area contributed by atoms with Gasteiger partial charge in [0, 0.05) is 38.0 Å². The van der Waals surface area contributed by atoms with Gasteiger partial charge in [-0.15, -0.1) is 0 Å². The molecule has 7 heteroatoms. The van der Waals surface area contributed by atoms with Crippen molar-refractivity contribution in [2.75, 3.05) is 18.4 Å². The molecule has 1 N–H and O–H groups in total. The van der Waals surface area contributed by atoms with E-state index in [1.807, 2.05) is 65.6 Å². The summed E-state index contributed by atoms with van der Waals surface area (Å²) in [5.41, 5.74) is 1.98. The van der Waals surface area contributed by atoms with Crippen molar-refractivity contribution in [3.05, 3.63) is 72.9 Å². The maximum atomic E-state index is 10.7. The molecule has 2 aromatic carbocycles. The SMILES string of the molecule is CC(=O)N1CCCCC1.c1ccc(Oc2ccc(Nc3nc4ccccc4s3)cc2)nc1. The van der Waals surface area contributed by atoms with Crippen LogP contribution in [0.3, 0.4) is 0 Å². The lowest BCUT2D eigenvalue weighted by molar-refractivity contribution is -0.129. The molecule has 6 nitrogen and oxygen atoms in total. The molecule has 0 saturated carbocycles. The van der Waals surface area contributed by atoms with Gasteiger partial charge < -0.3 is 15.0 Å². The van der Waals surface area contributed by atoms with Gasteiger partial charge >= 0.3 is 0 Å². The Balaban J connectivity index is 0.000000230. The number of amides is 1. The van der Waals surface area contributed by atoms with Crippen LogP contribution in [0.2, 0.25) is 0 Å². The number of hydrogen-bond acceptors (Lipinski definition) is 6. The standard InChI is InChI=1S/C18H13N3OS.C7H13NO/c1-2-6-16-15(5-1)21-18(23-16)20-13-8-10-14(11-9-13)22-17-7-3-4-12-19-17;1-7(9)8-5-3-2-4-6-8/h1-12H,(H,20,21);2-6H2,1H3. The number of piperidine rings is 1. The van der Waals surface area contributed by atoms with Crippen LogP contribution in [-0.2, 0) is 4.79 Å². The molecule has 0 bridgehead atoms. The number of carbonyl (C=O) groups excluding carboxylic acids is 1. The summed E-state index contributed by atoms with van der Waals surface area (Å²) >= 11 is 1.64. The third-order valence-electron chi connectivity index (χ3n) is 5.06. The summed E-state index contributed by atoms with van der Waals surface area (Å²) in [5, 5.41) is 4.20. The normalized spacial score (nSPS) is 13.2. The number of benzene rings is 2. The molecular formula is C25H26N4O2S. The van der Waals surface area contributed by atoms with E-state index in [0.29, 0.717) is 5.88 Å². The van der Waals surface area contributed by atoms with Crippen LogP contribution in [0.15, 0.2) is 72.9 Å². The fourth-order valence-electron chi connectivity index (χ4n) is 3.39. The zero-order valence-corrected chi connectivity index (χ0v) is 18.8. The number of ether oxygens (including phenoxy) is 1. The van der Waals surface area contributed by atoms with Crippen molar-refractivity contribution in [2.45, 2.75) is 26.2 Å². The molecule has 1 amide bonds. The van der Waals surface area contributed by atoms with Crippen molar-refractivity contribution >= 4 is 38.3 Å². The third-order valence-corrected chi connectivity index (χ3v) is 6.01. The van der Waals surface area contributed by atoms with Gasteiger partial charge in [-0.2, -0.15) is 0 Å². The molecule has 5 rings (SSSR count). The van der Waals surface area contributed by atoms with Gasteiger partial charge in [0.15, 0.2) is 5.13 Å². The minimum Gasteiger partial charge on any atom is -0.439 e. The van der Waals surface area contributed by atoms with Crippen LogP contribution in [0.25, 0.3) is 10.2 Å². The highest BCUT2D eigenvalue weighted by Gasteiger charge is 2.11. The molecule has 0 spiro atoms. The number of likely N-dealkylation sites (tertiary alicyclic amines) is 1. The first-order chi connectivity index (χ1) is 15.7. The molecule has 1 fully saturated rings. The lowest BCUT2D eigenvalue weighted by Gasteiger charge is -2.24. The highest BCUT2D eigenvalue weighted by atomic mass is 32.1. The second-order valence-corrected chi connectivity index (χ2v) is 8.50. The number of rotatable bonds is 4. The average molecular weight is 447 g/mol. The summed E-state index contributed by atoms with van der Waals surface area (Å²) in [5.74, 6) is 1.56. The summed E-state index contributed by atoms with van der Waals surface area (Å²) < 4.78 is 6.85. The molecule has 1 saturated heterocycles. The van der Waals surface area contributed by atoms with E-state index in [2.05, 4.69) is 21.4 Å². The quantitative estimate of drug-likeness (QED) is 0.401. The maximum absolute atomic E-state index is 10.7. The van der Waals surface area contributed by atoms with Crippen LogP contribution in [0.5, 0.6) is 11.6 Å². The highest BCUT2D eigenvalue weighted by Crippen LogP contribution is 2.29. The van der Waals surface area contributed by atoms with Gasteiger partial charge in [0.2, 0.25) is 11.8 Å². The largest absolute Gasteiger partial charge is 0.439 e. The fraction of sp³-hybridized carbons (Fsp3) is 0.240. The van der Waals surface area contributed by atoms with Gasteiger partial charge in [-0.1, -0.05) is 29.5 Å². The van der Waals surface area contributed by atoms with Gasteiger partial charge in [0.1, 0.15) is 5.75 Å². The number of hydrogen-bond donors (Lipinski definition) is 1. The Kier molecular flexibility index (Phi) is 7.30. The molecular weight excluding hydrogens is 420 g/mol. The van der Waals surface area contributed by atoms with Crippen LogP contribution in [0, 0.1) is 0 Å². The van der Waals surface area contributed by atoms with Gasteiger partial charge in [0.05, 0.1) is 10.2 Å². The van der Waals surface area contributed by atoms with Crippen LogP contribution in [0.1, 0.15) is 26.2 Å². The second kappa shape index (κ2) is 10.7. The first-order valence-corrected chi connectivity index (χ1v) is 11.6. The van der Waals surface area contributed by atoms with E-state index in [9.17, 15) is 4.79 Å². The van der Waals surface area contributed by atoms with E-state index in [0.717, 1.165) is 35.2 Å². The van der Waals surface area contributed by atoms with Gasteiger partial charge in [0.25, 0.3) is 0 Å². The molecule has 1 aliphatic rings. The first kappa shape index (κ1) is 21.8. The monoisotopic (exact) mass is 446 g/mol. The lowest BCUT2D eigenvalue weighted by Crippen LogP contribution is -2.33. The number of fused-ring (bicyclic) bond motifs is 1. The maximum Gasteiger partial charge on any atom is 0.219 e. The average Bonchev–Trinajstić information content (AvgIpc) is 3.24. The molecule has 3 heterocycles. The summed E-state index contributed by atoms with van der Waals surface area (Å²) in [4.78, 5) is 21.4. The number of aromatic nitrogens is 2. The van der Waals surface area contributed by atoms with Crippen molar-refractivity contribution in [1.82, 2.24) is 14.9 Å². The summed E-state index contributed by atoms with van der Waals surface area (Å²) in [7, 11) is 0. The first-order valence-electron chi connectivity index (χ1n) is 10.7. The number of nitrogens with one attached hydrogen (secondary N) is 1. The van der Waals surface area contributed by atoms with Crippen LogP contribution in [-0.4, -0.2) is 33.9 Å². The van der Waals surface area contributed by atoms with Gasteiger partial charge in [-0.25, -0.2) is 9.97 Å². The number of nitrogens with zero attached hydrogens (tertiary/aromatic N) is 3. The molecule has 32 heavy (non-hydrogen) atoms. The molecule has 0 radical (unpaired) electrons. The minimum absolute atomic E-state index is 0.231. The van der Waals surface area contributed by atoms with Crippen LogP contribution >= 0.6 is 11.3 Å². The number of thiazole rings is 1. The van der Waals surface area contributed by atoms with E-state index in [-0.39, 0.29) is 5.91 Å². The van der Waals surface area contributed by atoms with Crippen molar-refractivity contribution in [3.8, 4) is 11.6 Å². The van der Waals surface area contributed by atoms with Gasteiger partial charge in [-0.05, 0) is 61.7 Å². The minimum atomic E-state index is 0.231. The van der Waals surface area contributed by atoms with Crippen molar-refractivity contribution in [2.24, 2.45) is 0 Å². The topological polar surface area (TPSA) is 67.3 Å². The number of pyridine rings is 1. The lowest BCUT2D eigenvalue weighted by atomic mass is 10.1. The molecule has 0 atom stereocenters. The van der Waals surface area contributed by atoms with Crippen molar-refractivity contribution < 1.29 is 9.53 Å². The van der Waals surface area contributed by atoms with E-state index < -0.39 is 0 Å². The number of para-hydroxylation sites is 1. The smallest absolute Gasteiger partial charge is 0.219 e. The Morgan fingerprint density at radius 1 is 0.969 bits per heavy atom. The van der Waals surface area contributed by atoms with Crippen LogP contribution in [0.4, 0.5) is 10.8 Å². The Labute approximate surface area is 191 Å². The Morgan fingerprint density at radius 3 is 2.38 bits per heavy atom.